The molecule has 0 saturated carbocycles. The molecule has 0 atom stereocenters. The van der Waals surface area contributed by atoms with Crippen molar-refractivity contribution in [2.24, 2.45) is 0 Å². The van der Waals surface area contributed by atoms with E-state index < -0.39 is 0 Å². The fourth-order valence-corrected chi connectivity index (χ4v) is 1.67. The maximum absolute atomic E-state index is 5.16. The molecule has 0 amide bonds. The molecule has 14 heavy (non-hydrogen) atoms. The summed E-state index contributed by atoms with van der Waals surface area (Å²) >= 11 is 2.06. The Labute approximate surface area is 96.5 Å². The zero-order valence-electron chi connectivity index (χ0n) is 8.04. The van der Waals surface area contributed by atoms with Crippen LogP contribution in [0.5, 0.6) is 0 Å². The Hall–Kier alpha value is -0.840. The minimum Gasteiger partial charge on any atom is -0.440 e. The molecule has 0 aliphatic heterocycles. The van der Waals surface area contributed by atoms with Gasteiger partial charge >= 0.3 is 0 Å². The largest absolute Gasteiger partial charge is 0.440 e. The van der Waals surface area contributed by atoms with E-state index in [9.17, 15) is 0 Å². The van der Waals surface area contributed by atoms with Gasteiger partial charge in [0, 0.05) is 28.2 Å². The van der Waals surface area contributed by atoms with Crippen molar-refractivity contribution in [1.82, 2.24) is 4.98 Å². The van der Waals surface area contributed by atoms with Gasteiger partial charge in [0.15, 0.2) is 0 Å². The fourth-order valence-electron chi connectivity index (χ4n) is 1.29. The predicted octanol–water partition coefficient (Wildman–Crippen LogP) is 3.56. The Balaban J connectivity index is 2.47. The van der Waals surface area contributed by atoms with E-state index in [-0.39, 0.29) is 0 Å². The average molecular weight is 299 g/mol. The third-order valence-corrected chi connectivity index (χ3v) is 2.77. The quantitative estimate of drug-likeness (QED) is 0.752. The summed E-state index contributed by atoms with van der Waals surface area (Å²) in [4.78, 5) is 4.27. The van der Waals surface area contributed by atoms with Crippen molar-refractivity contribution < 1.29 is 4.42 Å². The second-order valence-corrected chi connectivity index (χ2v) is 4.21. The zero-order valence-corrected chi connectivity index (χ0v) is 10.2. The molecule has 2 aromatic rings. The molecule has 1 heterocycles. The highest BCUT2D eigenvalue weighted by atomic mass is 127. The number of hydrogen-bond acceptors (Lipinski definition) is 2. The maximum atomic E-state index is 5.16. The molecule has 3 heteroatoms. The van der Waals surface area contributed by atoms with Crippen LogP contribution in [0.1, 0.15) is 11.1 Å². The minimum absolute atomic E-state index is 0.677. The summed E-state index contributed by atoms with van der Waals surface area (Å²) in [5.41, 5.74) is 4.59. The van der Waals surface area contributed by atoms with Gasteiger partial charge in [0.05, 0.1) is 0 Å². The first kappa shape index (κ1) is 9.71. The molecule has 0 N–H and O–H groups in total. The van der Waals surface area contributed by atoms with Gasteiger partial charge in [0.2, 0.25) is 0 Å². The number of oxazole rings is 1. The van der Waals surface area contributed by atoms with Crippen molar-refractivity contribution in [2.45, 2.75) is 13.8 Å². The summed E-state index contributed by atoms with van der Waals surface area (Å²) in [6.07, 6.45) is 1.69. The van der Waals surface area contributed by atoms with E-state index in [1.54, 1.807) is 6.26 Å². The van der Waals surface area contributed by atoms with Crippen LogP contribution in [0.4, 0.5) is 0 Å². The molecule has 72 valence electrons. The van der Waals surface area contributed by atoms with Gasteiger partial charge in [0.1, 0.15) is 12.0 Å². The van der Waals surface area contributed by atoms with Crippen molar-refractivity contribution in [2.75, 3.05) is 0 Å². The molecule has 1 aromatic carbocycles. The summed E-state index contributed by atoms with van der Waals surface area (Å²) in [6.45, 7) is 4.20. The third-order valence-electron chi connectivity index (χ3n) is 2.28. The lowest BCUT2D eigenvalue weighted by molar-refractivity contribution is 0.525. The van der Waals surface area contributed by atoms with Gasteiger partial charge in [-0.2, -0.15) is 0 Å². The second-order valence-electron chi connectivity index (χ2n) is 3.28. The maximum Gasteiger partial charge on any atom is 0.257 e. The SMILES string of the molecule is Cc1ccc(-c2coc(I)n2)cc1C. The van der Waals surface area contributed by atoms with E-state index >= 15 is 0 Å². The van der Waals surface area contributed by atoms with Crippen molar-refractivity contribution in [3.8, 4) is 11.3 Å². The Morgan fingerprint density at radius 2 is 2.00 bits per heavy atom. The molecule has 0 aliphatic rings. The molecule has 0 fully saturated rings. The van der Waals surface area contributed by atoms with E-state index in [2.05, 4.69) is 59.6 Å². The lowest BCUT2D eigenvalue weighted by atomic mass is 10.1. The smallest absolute Gasteiger partial charge is 0.257 e. The Kier molecular flexibility index (Phi) is 2.58. The summed E-state index contributed by atoms with van der Waals surface area (Å²) < 4.78 is 5.84. The lowest BCUT2D eigenvalue weighted by Crippen LogP contribution is -1.83. The first-order valence-electron chi connectivity index (χ1n) is 4.35. The summed E-state index contributed by atoms with van der Waals surface area (Å²) in [6, 6.07) is 6.30. The van der Waals surface area contributed by atoms with E-state index in [4.69, 9.17) is 4.42 Å². The fraction of sp³-hybridized carbons (Fsp3) is 0.182. The normalized spacial score (nSPS) is 10.5. The number of nitrogens with zero attached hydrogens (tertiary/aromatic N) is 1. The molecule has 0 bridgehead atoms. The molecule has 0 aliphatic carbocycles. The van der Waals surface area contributed by atoms with Crippen LogP contribution in [0.15, 0.2) is 28.9 Å². The van der Waals surface area contributed by atoms with Crippen LogP contribution >= 0.6 is 22.6 Å². The van der Waals surface area contributed by atoms with Gasteiger partial charge in [-0.05, 0) is 31.0 Å². The van der Waals surface area contributed by atoms with Crippen LogP contribution in [0, 0.1) is 17.7 Å². The molecular weight excluding hydrogens is 289 g/mol. The van der Waals surface area contributed by atoms with E-state index in [1.807, 2.05) is 0 Å². The molecule has 2 rings (SSSR count). The van der Waals surface area contributed by atoms with Gasteiger partial charge in [-0.1, -0.05) is 12.1 Å². The molecular formula is C11H10INO. The van der Waals surface area contributed by atoms with Crippen LogP contribution < -0.4 is 0 Å². The minimum atomic E-state index is 0.677. The number of benzene rings is 1. The third kappa shape index (κ3) is 1.82. The van der Waals surface area contributed by atoms with Crippen LogP contribution in [-0.4, -0.2) is 4.98 Å². The first-order chi connectivity index (χ1) is 6.66. The van der Waals surface area contributed by atoms with Crippen molar-refractivity contribution in [3.05, 3.63) is 39.5 Å². The van der Waals surface area contributed by atoms with Crippen molar-refractivity contribution in [1.29, 1.82) is 0 Å². The lowest BCUT2D eigenvalue weighted by Gasteiger charge is -2.01. The Morgan fingerprint density at radius 1 is 1.21 bits per heavy atom. The van der Waals surface area contributed by atoms with Crippen LogP contribution in [0.2, 0.25) is 0 Å². The van der Waals surface area contributed by atoms with Gasteiger partial charge in [-0.15, -0.1) is 0 Å². The van der Waals surface area contributed by atoms with Gasteiger partial charge in [0.25, 0.3) is 3.90 Å². The topological polar surface area (TPSA) is 26.0 Å². The highest BCUT2D eigenvalue weighted by Gasteiger charge is 2.04. The zero-order chi connectivity index (χ0) is 10.1. The highest BCUT2D eigenvalue weighted by Crippen LogP contribution is 2.21. The van der Waals surface area contributed by atoms with Crippen LogP contribution in [-0.2, 0) is 0 Å². The van der Waals surface area contributed by atoms with Gasteiger partial charge in [-0.3, -0.25) is 0 Å². The molecule has 0 saturated heterocycles. The van der Waals surface area contributed by atoms with E-state index in [0.29, 0.717) is 3.90 Å². The van der Waals surface area contributed by atoms with Gasteiger partial charge in [-0.25, -0.2) is 4.98 Å². The summed E-state index contributed by atoms with van der Waals surface area (Å²) in [5.74, 6) is 0. The summed E-state index contributed by atoms with van der Waals surface area (Å²) in [5, 5.41) is 0. The van der Waals surface area contributed by atoms with Crippen molar-refractivity contribution >= 4 is 22.6 Å². The Bertz CT molecular complexity index is 462. The Morgan fingerprint density at radius 3 is 2.57 bits per heavy atom. The summed E-state index contributed by atoms with van der Waals surface area (Å²) in [7, 11) is 0. The van der Waals surface area contributed by atoms with Crippen LogP contribution in [0.3, 0.4) is 0 Å². The number of aryl methyl sites for hydroxylation is 2. The number of aromatic nitrogens is 1. The average Bonchev–Trinajstić information content (AvgIpc) is 2.57. The highest BCUT2D eigenvalue weighted by molar-refractivity contribution is 14.1. The molecule has 0 spiro atoms. The second kappa shape index (κ2) is 3.73. The van der Waals surface area contributed by atoms with E-state index in [0.717, 1.165) is 11.3 Å². The monoisotopic (exact) mass is 299 g/mol. The first-order valence-corrected chi connectivity index (χ1v) is 5.43. The van der Waals surface area contributed by atoms with Crippen LogP contribution in [0.25, 0.3) is 11.3 Å². The van der Waals surface area contributed by atoms with E-state index in [1.165, 1.54) is 11.1 Å². The number of halogens is 1. The number of rotatable bonds is 1. The number of hydrogen-bond donors (Lipinski definition) is 0. The molecule has 0 radical (unpaired) electrons. The standard InChI is InChI=1S/C11H10INO/c1-7-3-4-9(5-8(7)2)10-6-14-11(12)13-10/h3-6H,1-2H3. The molecule has 0 unspecified atom stereocenters. The van der Waals surface area contributed by atoms with Gasteiger partial charge < -0.3 is 4.42 Å². The predicted molar refractivity (Wildman–Crippen MR) is 64.1 cm³/mol. The van der Waals surface area contributed by atoms with Crippen molar-refractivity contribution in [3.63, 3.8) is 0 Å². The molecule has 1 aromatic heterocycles. The molecule has 2 nitrogen and oxygen atoms in total.